The maximum absolute atomic E-state index is 12.2. The molecule has 0 aromatic rings. The number of hydrogen-bond acceptors (Lipinski definition) is 18. The lowest BCUT2D eigenvalue weighted by atomic mass is 9.33. The third-order valence-corrected chi connectivity index (χ3v) is 19.6. The molecule has 25 unspecified atom stereocenters. The summed E-state index contributed by atoms with van der Waals surface area (Å²) in [6.07, 6.45) is -16.4. The molecule has 4 saturated carbocycles. The number of ether oxygens (including phenoxy) is 6. The minimum absolute atomic E-state index is 0.0209. The van der Waals surface area contributed by atoms with Crippen molar-refractivity contribution >= 4 is 0 Å². The largest absolute Gasteiger partial charge is 0.396 e. The molecular weight excluding hydrogens is 865 g/mol. The fourth-order valence-corrected chi connectivity index (χ4v) is 15.2. The molecule has 66 heavy (non-hydrogen) atoms. The van der Waals surface area contributed by atoms with Gasteiger partial charge in [-0.15, -0.1) is 0 Å². The van der Waals surface area contributed by atoms with E-state index in [2.05, 4.69) is 47.6 Å². The highest BCUT2D eigenvalue weighted by molar-refractivity contribution is 5.34. The van der Waals surface area contributed by atoms with Crippen LogP contribution < -0.4 is 0 Å². The molecule has 7 fully saturated rings. The van der Waals surface area contributed by atoms with E-state index in [0.29, 0.717) is 12.3 Å². The average Bonchev–Trinajstić information content (AvgIpc) is 3.27. The van der Waals surface area contributed by atoms with Crippen molar-refractivity contribution in [1.82, 2.24) is 0 Å². The van der Waals surface area contributed by atoms with Crippen LogP contribution in [0.25, 0.3) is 0 Å². The third kappa shape index (κ3) is 7.91. The van der Waals surface area contributed by atoms with E-state index in [4.69, 9.17) is 28.4 Å². The smallest absolute Gasteiger partial charge is 0.187 e. The van der Waals surface area contributed by atoms with E-state index in [1.54, 1.807) is 0 Å². The Morgan fingerprint density at radius 2 is 1.09 bits per heavy atom. The van der Waals surface area contributed by atoms with Crippen LogP contribution in [0.15, 0.2) is 11.6 Å². The van der Waals surface area contributed by atoms with Crippen LogP contribution in [0.2, 0.25) is 0 Å². The third-order valence-electron chi connectivity index (χ3n) is 19.6. The molecule has 25 atom stereocenters. The monoisotopic (exact) mass is 945 g/mol. The molecule has 3 saturated heterocycles. The predicted octanol–water partition coefficient (Wildman–Crippen LogP) is -0.415. The lowest BCUT2D eigenvalue weighted by Crippen LogP contribution is -2.68. The van der Waals surface area contributed by atoms with Gasteiger partial charge in [0, 0.05) is 10.8 Å². The zero-order valence-electron chi connectivity index (χ0n) is 39.6. The van der Waals surface area contributed by atoms with Crippen LogP contribution in [0, 0.1) is 50.2 Å². The van der Waals surface area contributed by atoms with Crippen LogP contribution in [0.3, 0.4) is 0 Å². The molecule has 0 aromatic carbocycles. The van der Waals surface area contributed by atoms with Crippen molar-refractivity contribution < 1.29 is 89.7 Å². The summed E-state index contributed by atoms with van der Waals surface area (Å²) in [7, 11) is 0. The Balaban J connectivity index is 1.07. The molecule has 0 aromatic heterocycles. The van der Waals surface area contributed by atoms with E-state index in [1.165, 1.54) is 5.57 Å². The van der Waals surface area contributed by atoms with Crippen molar-refractivity contribution in [3.8, 4) is 0 Å². The second-order valence-corrected chi connectivity index (χ2v) is 23.6. The average molecular weight is 945 g/mol. The first kappa shape index (κ1) is 51.4. The second kappa shape index (κ2) is 18.3. The summed E-state index contributed by atoms with van der Waals surface area (Å²) >= 11 is 0. The topological polar surface area (TPSA) is 298 Å². The Kier molecular flexibility index (Phi) is 14.2. The summed E-state index contributed by atoms with van der Waals surface area (Å²) in [5, 5.41) is 130. The van der Waals surface area contributed by atoms with E-state index in [9.17, 15) is 61.3 Å². The maximum Gasteiger partial charge on any atom is 0.187 e. The fourth-order valence-electron chi connectivity index (χ4n) is 15.2. The highest BCUT2D eigenvalue weighted by Gasteiger charge is 2.70. The molecule has 5 aliphatic carbocycles. The maximum atomic E-state index is 12.2. The zero-order valence-corrected chi connectivity index (χ0v) is 39.6. The summed E-state index contributed by atoms with van der Waals surface area (Å²) < 4.78 is 36.4. The molecule has 0 bridgehead atoms. The lowest BCUT2D eigenvalue weighted by molar-refractivity contribution is -0.394. The summed E-state index contributed by atoms with van der Waals surface area (Å²) in [5.74, 6) is 0.556. The van der Waals surface area contributed by atoms with Gasteiger partial charge in [-0.3, -0.25) is 0 Å². The van der Waals surface area contributed by atoms with Gasteiger partial charge in [-0.25, -0.2) is 0 Å². The lowest BCUT2D eigenvalue weighted by Gasteiger charge is -2.72. The van der Waals surface area contributed by atoms with Crippen molar-refractivity contribution in [3.63, 3.8) is 0 Å². The van der Waals surface area contributed by atoms with Gasteiger partial charge in [0.25, 0.3) is 0 Å². The highest BCUT2D eigenvalue weighted by Crippen LogP contribution is 2.76. The van der Waals surface area contributed by atoms with Crippen LogP contribution in [0.4, 0.5) is 0 Å². The molecule has 0 radical (unpaired) electrons. The predicted molar refractivity (Wildman–Crippen MR) is 231 cm³/mol. The summed E-state index contributed by atoms with van der Waals surface area (Å²) in [5.41, 5.74) is 0.180. The molecule has 18 nitrogen and oxygen atoms in total. The minimum Gasteiger partial charge on any atom is -0.396 e. The van der Waals surface area contributed by atoms with Crippen molar-refractivity contribution in [2.45, 2.75) is 211 Å². The number of fused-ring (bicyclic) bond motifs is 7. The number of rotatable bonds is 10. The summed E-state index contributed by atoms with van der Waals surface area (Å²) in [6, 6.07) is 0. The van der Waals surface area contributed by atoms with E-state index >= 15 is 0 Å². The van der Waals surface area contributed by atoms with Gasteiger partial charge in [0.05, 0.1) is 38.6 Å². The molecule has 8 rings (SSSR count). The van der Waals surface area contributed by atoms with Crippen LogP contribution >= 0.6 is 0 Å². The van der Waals surface area contributed by atoms with Crippen molar-refractivity contribution in [1.29, 1.82) is 0 Å². The Bertz CT molecular complexity index is 1750. The Morgan fingerprint density at radius 3 is 1.65 bits per heavy atom. The standard InChI is InChI=1S/C48H80O18/c1-43(2)16-23-22-8-9-28-45(4)12-11-30(46(5,21-52)27(45)10-13-48(28,7)47(22,6)15-14-44(23,3)29(53)17-43)64-42-37(60)39(66-41-36(59)34(57)32(55)25(19-50)62-41)38(26(20-51)63-42)65-40-35(58)33(56)31(54)24(18-49)61-40/h8,23-42,49-60H,9-21H2,1-7H3. The molecule has 0 amide bonds. The molecule has 3 heterocycles. The molecule has 0 spiro atoms. The minimum atomic E-state index is -1.92. The molecule has 18 heteroatoms. The van der Waals surface area contributed by atoms with Crippen LogP contribution in [-0.4, -0.2) is 192 Å². The van der Waals surface area contributed by atoms with Gasteiger partial charge in [-0.2, -0.15) is 0 Å². The molecule has 8 aliphatic rings. The van der Waals surface area contributed by atoms with Gasteiger partial charge in [0.2, 0.25) is 0 Å². The first-order valence-corrected chi connectivity index (χ1v) is 24.4. The first-order valence-electron chi connectivity index (χ1n) is 24.4. The normalized spacial score (nSPS) is 56.0. The zero-order chi connectivity index (χ0) is 48.3. The quantitative estimate of drug-likeness (QED) is 0.0979. The van der Waals surface area contributed by atoms with E-state index in [-0.39, 0.29) is 51.6 Å². The SMILES string of the molecule is CC1(C)CC(O)C2(C)CCC3(C)C(=CCC4C5(C)CCC(OC6OC(CO)C(OC7OC(CO)C(O)C(O)C7O)C(OC7OC(CO)C(O)C(O)C7O)C6O)C(C)(CO)C5CCC43C)C2C1. The molecule has 3 aliphatic heterocycles. The first-order chi connectivity index (χ1) is 30.9. The number of hydrogen-bond donors (Lipinski definition) is 12. The fraction of sp³-hybridized carbons (Fsp3) is 0.958. The molecule has 380 valence electrons. The van der Waals surface area contributed by atoms with Crippen molar-refractivity contribution in [3.05, 3.63) is 11.6 Å². The second-order valence-electron chi connectivity index (χ2n) is 23.6. The highest BCUT2D eigenvalue weighted by atomic mass is 16.8. The van der Waals surface area contributed by atoms with Crippen LogP contribution in [0.5, 0.6) is 0 Å². The molecular formula is C48H80O18. The number of allylic oxidation sites excluding steroid dienone is 2. The Hall–Kier alpha value is -0.980. The molecule has 12 N–H and O–H groups in total. The Morgan fingerprint density at radius 1 is 0.545 bits per heavy atom. The van der Waals surface area contributed by atoms with E-state index < -0.39 is 123 Å². The van der Waals surface area contributed by atoms with Gasteiger partial charge in [0.1, 0.15) is 73.2 Å². The Labute approximate surface area is 387 Å². The number of aliphatic hydroxyl groups is 12. The van der Waals surface area contributed by atoms with Gasteiger partial charge < -0.3 is 89.7 Å². The van der Waals surface area contributed by atoms with Crippen LogP contribution in [-0.2, 0) is 28.4 Å². The van der Waals surface area contributed by atoms with Crippen LogP contribution in [0.1, 0.15) is 106 Å². The van der Waals surface area contributed by atoms with Gasteiger partial charge in [-0.1, -0.05) is 60.1 Å². The van der Waals surface area contributed by atoms with Gasteiger partial charge in [0.15, 0.2) is 18.9 Å². The summed E-state index contributed by atoms with van der Waals surface area (Å²) in [6.45, 7) is 13.6. The van der Waals surface area contributed by atoms with Gasteiger partial charge in [-0.05, 0) is 97.2 Å². The van der Waals surface area contributed by atoms with Crippen molar-refractivity contribution in [2.24, 2.45) is 50.2 Å². The number of aliphatic hydroxyl groups excluding tert-OH is 12. The van der Waals surface area contributed by atoms with E-state index in [1.807, 2.05) is 6.92 Å². The van der Waals surface area contributed by atoms with Crippen molar-refractivity contribution in [2.75, 3.05) is 26.4 Å². The van der Waals surface area contributed by atoms with Gasteiger partial charge >= 0.3 is 0 Å². The van der Waals surface area contributed by atoms with E-state index in [0.717, 1.165) is 51.4 Å². The summed E-state index contributed by atoms with van der Waals surface area (Å²) in [4.78, 5) is 0.